The van der Waals surface area contributed by atoms with Gasteiger partial charge in [-0.15, -0.1) is 0 Å². The summed E-state index contributed by atoms with van der Waals surface area (Å²) in [6.45, 7) is 0.249. The molecule has 17 heavy (non-hydrogen) atoms. The van der Waals surface area contributed by atoms with Crippen molar-refractivity contribution in [3.63, 3.8) is 0 Å². The SMILES string of the molecule is CNS(=O)(=O)CCNc1ccc(Br)cc1C#N. The fourth-order valence-electron chi connectivity index (χ4n) is 1.19. The van der Waals surface area contributed by atoms with Crippen molar-refractivity contribution in [1.82, 2.24) is 4.72 Å². The smallest absolute Gasteiger partial charge is 0.213 e. The lowest BCUT2D eigenvalue weighted by atomic mass is 10.2. The Morgan fingerprint density at radius 1 is 1.47 bits per heavy atom. The van der Waals surface area contributed by atoms with Gasteiger partial charge in [-0.1, -0.05) is 15.9 Å². The third kappa shape index (κ3) is 4.34. The largest absolute Gasteiger partial charge is 0.383 e. The van der Waals surface area contributed by atoms with Gasteiger partial charge in [-0.05, 0) is 25.2 Å². The van der Waals surface area contributed by atoms with Gasteiger partial charge in [-0.2, -0.15) is 5.26 Å². The second kappa shape index (κ2) is 6.00. The second-order valence-electron chi connectivity index (χ2n) is 3.25. The molecule has 7 heteroatoms. The molecule has 0 amide bonds. The van der Waals surface area contributed by atoms with Gasteiger partial charge < -0.3 is 5.32 Å². The highest BCUT2D eigenvalue weighted by Gasteiger charge is 2.07. The summed E-state index contributed by atoms with van der Waals surface area (Å²) in [6, 6.07) is 7.23. The zero-order chi connectivity index (χ0) is 12.9. The Bertz CT molecular complexity index is 537. The fraction of sp³-hybridized carbons (Fsp3) is 0.300. The van der Waals surface area contributed by atoms with E-state index >= 15 is 0 Å². The van der Waals surface area contributed by atoms with E-state index in [2.05, 4.69) is 26.0 Å². The van der Waals surface area contributed by atoms with Crippen molar-refractivity contribution in [2.45, 2.75) is 0 Å². The molecule has 0 bridgehead atoms. The van der Waals surface area contributed by atoms with E-state index in [9.17, 15) is 8.42 Å². The molecule has 0 fully saturated rings. The van der Waals surface area contributed by atoms with Crippen LogP contribution < -0.4 is 10.0 Å². The van der Waals surface area contributed by atoms with Crippen LogP contribution in [0.5, 0.6) is 0 Å². The molecular weight excluding hydrogens is 306 g/mol. The van der Waals surface area contributed by atoms with Gasteiger partial charge in [0.25, 0.3) is 0 Å². The molecule has 2 N–H and O–H groups in total. The number of halogens is 1. The first-order valence-electron chi connectivity index (χ1n) is 4.83. The summed E-state index contributed by atoms with van der Waals surface area (Å²) in [4.78, 5) is 0. The van der Waals surface area contributed by atoms with Crippen molar-refractivity contribution in [3.05, 3.63) is 28.2 Å². The van der Waals surface area contributed by atoms with Gasteiger partial charge in [0.2, 0.25) is 10.0 Å². The number of anilines is 1. The zero-order valence-electron chi connectivity index (χ0n) is 9.20. The molecule has 1 rings (SSSR count). The predicted molar refractivity (Wildman–Crippen MR) is 70.2 cm³/mol. The van der Waals surface area contributed by atoms with Crippen LogP contribution in [0, 0.1) is 11.3 Å². The van der Waals surface area contributed by atoms with E-state index in [4.69, 9.17) is 5.26 Å². The molecule has 0 heterocycles. The highest BCUT2D eigenvalue weighted by atomic mass is 79.9. The lowest BCUT2D eigenvalue weighted by Crippen LogP contribution is -2.26. The molecule has 5 nitrogen and oxygen atoms in total. The summed E-state index contributed by atoms with van der Waals surface area (Å²) in [5.41, 5.74) is 1.10. The maximum atomic E-state index is 11.2. The molecule has 0 aromatic heterocycles. The zero-order valence-corrected chi connectivity index (χ0v) is 11.6. The van der Waals surface area contributed by atoms with E-state index < -0.39 is 10.0 Å². The second-order valence-corrected chi connectivity index (χ2v) is 6.21. The molecular formula is C10H12BrN3O2S. The van der Waals surface area contributed by atoms with E-state index in [0.29, 0.717) is 11.3 Å². The number of nitrogens with one attached hydrogen (secondary N) is 2. The molecule has 0 spiro atoms. The third-order valence-corrected chi connectivity index (χ3v) is 3.96. The number of benzene rings is 1. The van der Waals surface area contributed by atoms with Crippen LogP contribution in [0.3, 0.4) is 0 Å². The first-order valence-corrected chi connectivity index (χ1v) is 7.28. The van der Waals surface area contributed by atoms with Crippen LogP contribution in [0.2, 0.25) is 0 Å². The minimum absolute atomic E-state index is 0.0373. The van der Waals surface area contributed by atoms with Crippen LogP contribution in [0.25, 0.3) is 0 Å². The van der Waals surface area contributed by atoms with Crippen molar-refractivity contribution >= 4 is 31.6 Å². The number of nitrogens with zero attached hydrogens (tertiary/aromatic N) is 1. The lowest BCUT2D eigenvalue weighted by molar-refractivity contribution is 0.588. The van der Waals surface area contributed by atoms with E-state index in [1.54, 1.807) is 18.2 Å². The average Bonchev–Trinajstić information content (AvgIpc) is 2.30. The minimum Gasteiger partial charge on any atom is -0.383 e. The highest BCUT2D eigenvalue weighted by molar-refractivity contribution is 9.10. The van der Waals surface area contributed by atoms with E-state index in [0.717, 1.165) is 4.47 Å². The molecule has 0 saturated heterocycles. The monoisotopic (exact) mass is 317 g/mol. The Kier molecular flexibility index (Phi) is 4.93. The lowest BCUT2D eigenvalue weighted by Gasteiger charge is -2.08. The Morgan fingerprint density at radius 2 is 2.18 bits per heavy atom. The van der Waals surface area contributed by atoms with E-state index in [1.165, 1.54) is 7.05 Å². The Hall–Kier alpha value is -1.10. The van der Waals surface area contributed by atoms with Crippen LogP contribution >= 0.6 is 15.9 Å². The van der Waals surface area contributed by atoms with Crippen molar-refractivity contribution in [2.24, 2.45) is 0 Å². The maximum absolute atomic E-state index is 11.2. The van der Waals surface area contributed by atoms with Gasteiger partial charge in [0, 0.05) is 11.0 Å². The summed E-state index contributed by atoms with van der Waals surface area (Å²) in [5, 5.41) is 11.8. The number of nitriles is 1. The van der Waals surface area contributed by atoms with Crippen LogP contribution in [0.1, 0.15) is 5.56 Å². The summed E-state index contributed by atoms with van der Waals surface area (Å²) in [5.74, 6) is -0.0373. The van der Waals surface area contributed by atoms with Crippen molar-refractivity contribution in [2.75, 3.05) is 24.7 Å². The van der Waals surface area contributed by atoms with Crippen molar-refractivity contribution in [3.8, 4) is 6.07 Å². The number of sulfonamides is 1. The minimum atomic E-state index is -3.22. The molecule has 0 aliphatic heterocycles. The van der Waals surface area contributed by atoms with Crippen molar-refractivity contribution < 1.29 is 8.42 Å². The average molecular weight is 318 g/mol. The third-order valence-electron chi connectivity index (χ3n) is 2.10. The summed E-state index contributed by atoms with van der Waals surface area (Å²) in [6.07, 6.45) is 0. The molecule has 0 atom stereocenters. The van der Waals surface area contributed by atoms with Crippen LogP contribution in [0.4, 0.5) is 5.69 Å². The molecule has 0 aliphatic carbocycles. The number of rotatable bonds is 5. The van der Waals surface area contributed by atoms with Gasteiger partial charge in [0.1, 0.15) is 6.07 Å². The van der Waals surface area contributed by atoms with Crippen LogP contribution in [-0.4, -0.2) is 27.8 Å². The van der Waals surface area contributed by atoms with Crippen molar-refractivity contribution in [1.29, 1.82) is 5.26 Å². The standard InChI is InChI=1S/C10H12BrN3O2S/c1-13-17(15,16)5-4-14-10-3-2-9(11)6-8(10)7-12/h2-3,6,13-14H,4-5H2,1H3. The van der Waals surface area contributed by atoms with Crippen LogP contribution in [0.15, 0.2) is 22.7 Å². The van der Waals surface area contributed by atoms with Gasteiger partial charge in [-0.25, -0.2) is 13.1 Å². The van der Waals surface area contributed by atoms with Gasteiger partial charge in [-0.3, -0.25) is 0 Å². The Balaban J connectivity index is 2.68. The van der Waals surface area contributed by atoms with Gasteiger partial charge >= 0.3 is 0 Å². The number of hydrogen-bond donors (Lipinski definition) is 2. The Morgan fingerprint density at radius 3 is 2.76 bits per heavy atom. The molecule has 1 aromatic carbocycles. The van der Waals surface area contributed by atoms with Gasteiger partial charge in [0.05, 0.1) is 17.0 Å². The normalized spacial score (nSPS) is 10.9. The molecule has 0 unspecified atom stereocenters. The molecule has 92 valence electrons. The highest BCUT2D eigenvalue weighted by Crippen LogP contribution is 2.19. The molecule has 0 saturated carbocycles. The summed E-state index contributed by atoms with van der Waals surface area (Å²) < 4.78 is 25.4. The van der Waals surface area contributed by atoms with E-state index in [1.807, 2.05) is 6.07 Å². The quantitative estimate of drug-likeness (QED) is 0.857. The fourth-order valence-corrected chi connectivity index (χ4v) is 2.12. The summed E-state index contributed by atoms with van der Waals surface area (Å²) in [7, 11) is -1.85. The first kappa shape index (κ1) is 14.0. The topological polar surface area (TPSA) is 82.0 Å². The maximum Gasteiger partial charge on any atom is 0.213 e. The molecule has 0 radical (unpaired) electrons. The Labute approximate surface area is 109 Å². The number of hydrogen-bond acceptors (Lipinski definition) is 4. The molecule has 1 aromatic rings. The first-order chi connectivity index (χ1) is 7.98. The van der Waals surface area contributed by atoms with Gasteiger partial charge in [0.15, 0.2) is 0 Å². The molecule has 0 aliphatic rings. The summed E-state index contributed by atoms with van der Waals surface area (Å²) >= 11 is 3.26. The van der Waals surface area contributed by atoms with E-state index in [-0.39, 0.29) is 12.3 Å². The van der Waals surface area contributed by atoms with Crippen LogP contribution in [-0.2, 0) is 10.0 Å². The predicted octanol–water partition coefficient (Wildman–Crippen LogP) is 1.28.